The van der Waals surface area contributed by atoms with E-state index in [0.717, 1.165) is 12.1 Å². The van der Waals surface area contributed by atoms with Crippen LogP contribution in [0.3, 0.4) is 0 Å². The molecule has 0 saturated carbocycles. The zero-order chi connectivity index (χ0) is 8.27. The summed E-state index contributed by atoms with van der Waals surface area (Å²) in [6.07, 6.45) is 2.83. The van der Waals surface area contributed by atoms with Crippen molar-refractivity contribution in [3.8, 4) is 0 Å². The van der Waals surface area contributed by atoms with E-state index in [0.29, 0.717) is 11.8 Å². The van der Waals surface area contributed by atoms with Gasteiger partial charge in [-0.15, -0.1) is 16.7 Å². The van der Waals surface area contributed by atoms with Crippen LogP contribution >= 0.6 is 11.6 Å². The molecule has 1 heterocycles. The zero-order valence-electron chi connectivity index (χ0n) is 6.79. The van der Waals surface area contributed by atoms with Gasteiger partial charge in [0, 0.05) is 19.1 Å². The van der Waals surface area contributed by atoms with Gasteiger partial charge < -0.3 is 0 Å². The lowest BCUT2D eigenvalue weighted by Crippen LogP contribution is -2.00. The van der Waals surface area contributed by atoms with Gasteiger partial charge in [-0.3, -0.25) is 4.68 Å². The monoisotopic (exact) mass is 173 g/mol. The summed E-state index contributed by atoms with van der Waals surface area (Å²) in [6, 6.07) is 0. The van der Waals surface area contributed by atoms with E-state index in [4.69, 9.17) is 11.6 Å². The molecule has 1 rings (SSSR count). The summed E-state index contributed by atoms with van der Waals surface area (Å²) >= 11 is 5.65. The minimum atomic E-state index is 0.480. The smallest absolute Gasteiger partial charge is 0.0830 e. The third-order valence-electron chi connectivity index (χ3n) is 1.47. The minimum Gasteiger partial charge on any atom is -0.255 e. The summed E-state index contributed by atoms with van der Waals surface area (Å²) in [5.74, 6) is 1.16. The summed E-state index contributed by atoms with van der Waals surface area (Å²) in [7, 11) is 1.86. The summed E-state index contributed by atoms with van der Waals surface area (Å²) < 4.78 is 1.70. The van der Waals surface area contributed by atoms with Gasteiger partial charge in [0.1, 0.15) is 0 Å². The first-order valence-corrected chi connectivity index (χ1v) is 4.17. The molecule has 0 bridgehead atoms. The number of halogens is 1. The molecule has 0 spiro atoms. The average Bonchev–Trinajstić information content (AvgIpc) is 2.35. The molecular formula is C7H12ClN3. The van der Waals surface area contributed by atoms with E-state index in [-0.39, 0.29) is 0 Å². The van der Waals surface area contributed by atoms with E-state index in [9.17, 15) is 0 Å². The molecular weight excluding hydrogens is 162 g/mol. The maximum absolute atomic E-state index is 5.65. The Morgan fingerprint density at radius 2 is 2.45 bits per heavy atom. The maximum atomic E-state index is 5.65. The van der Waals surface area contributed by atoms with Gasteiger partial charge in [-0.05, 0) is 12.3 Å². The number of aryl methyl sites for hydroxylation is 1. The number of rotatable bonds is 3. The molecule has 0 fully saturated rings. The van der Waals surface area contributed by atoms with Crippen LogP contribution < -0.4 is 0 Å². The number of nitrogens with zero attached hydrogens (tertiary/aromatic N) is 3. The van der Waals surface area contributed by atoms with Crippen molar-refractivity contribution in [3.63, 3.8) is 0 Å². The molecule has 0 aliphatic rings. The van der Waals surface area contributed by atoms with E-state index in [1.165, 1.54) is 0 Å². The first-order valence-electron chi connectivity index (χ1n) is 3.63. The van der Waals surface area contributed by atoms with Crippen molar-refractivity contribution in [2.45, 2.75) is 13.3 Å². The molecule has 0 N–H and O–H groups in total. The highest BCUT2D eigenvalue weighted by molar-refractivity contribution is 6.18. The predicted octanol–water partition coefficient (Wildman–Crippen LogP) is 1.23. The van der Waals surface area contributed by atoms with E-state index in [2.05, 4.69) is 17.2 Å². The predicted molar refractivity (Wildman–Crippen MR) is 44.6 cm³/mol. The molecule has 0 aliphatic heterocycles. The third kappa shape index (κ3) is 2.50. The van der Waals surface area contributed by atoms with E-state index in [1.54, 1.807) is 4.68 Å². The number of hydrogen-bond acceptors (Lipinski definition) is 2. The summed E-state index contributed by atoms with van der Waals surface area (Å²) in [4.78, 5) is 0. The van der Waals surface area contributed by atoms with Crippen molar-refractivity contribution in [2.24, 2.45) is 13.0 Å². The Kier molecular flexibility index (Phi) is 2.88. The van der Waals surface area contributed by atoms with Gasteiger partial charge in [-0.25, -0.2) is 0 Å². The molecule has 1 unspecified atom stereocenters. The van der Waals surface area contributed by atoms with Crippen molar-refractivity contribution >= 4 is 11.6 Å². The SMILES string of the molecule is CC(CCl)Cc1cn(C)nn1. The summed E-state index contributed by atoms with van der Waals surface area (Å²) in [5.41, 5.74) is 1.01. The molecule has 0 amide bonds. The Morgan fingerprint density at radius 1 is 1.73 bits per heavy atom. The second-order valence-corrected chi connectivity index (χ2v) is 3.16. The molecule has 0 aromatic carbocycles. The van der Waals surface area contributed by atoms with Crippen molar-refractivity contribution in [1.82, 2.24) is 15.0 Å². The van der Waals surface area contributed by atoms with Gasteiger partial charge in [0.05, 0.1) is 5.69 Å². The highest BCUT2D eigenvalue weighted by Crippen LogP contribution is 2.05. The molecule has 1 aromatic rings. The van der Waals surface area contributed by atoms with Crippen LogP contribution in [0.4, 0.5) is 0 Å². The van der Waals surface area contributed by atoms with Crippen LogP contribution in [0.5, 0.6) is 0 Å². The Bertz CT molecular complexity index is 221. The van der Waals surface area contributed by atoms with Crippen LogP contribution in [-0.2, 0) is 13.5 Å². The fourth-order valence-electron chi connectivity index (χ4n) is 0.900. The Morgan fingerprint density at radius 3 is 2.91 bits per heavy atom. The fourth-order valence-corrected chi connectivity index (χ4v) is 1.01. The average molecular weight is 174 g/mol. The normalized spacial score (nSPS) is 13.4. The molecule has 1 atom stereocenters. The van der Waals surface area contributed by atoms with Crippen molar-refractivity contribution in [2.75, 3.05) is 5.88 Å². The van der Waals surface area contributed by atoms with Gasteiger partial charge in [0.15, 0.2) is 0 Å². The first kappa shape index (κ1) is 8.53. The van der Waals surface area contributed by atoms with Gasteiger partial charge in [0.2, 0.25) is 0 Å². The molecule has 4 heteroatoms. The van der Waals surface area contributed by atoms with Crippen LogP contribution in [0.25, 0.3) is 0 Å². The van der Waals surface area contributed by atoms with E-state index >= 15 is 0 Å². The second-order valence-electron chi connectivity index (χ2n) is 2.85. The molecule has 0 saturated heterocycles. The molecule has 1 aromatic heterocycles. The molecule has 11 heavy (non-hydrogen) atoms. The lowest BCUT2D eigenvalue weighted by Gasteiger charge is -2.01. The highest BCUT2D eigenvalue weighted by Gasteiger charge is 2.04. The first-order chi connectivity index (χ1) is 5.22. The third-order valence-corrected chi connectivity index (χ3v) is 2.00. The molecule has 3 nitrogen and oxygen atoms in total. The van der Waals surface area contributed by atoms with Gasteiger partial charge in [-0.2, -0.15) is 0 Å². The minimum absolute atomic E-state index is 0.480. The molecule has 62 valence electrons. The van der Waals surface area contributed by atoms with Crippen LogP contribution in [0.1, 0.15) is 12.6 Å². The number of aromatic nitrogens is 3. The largest absolute Gasteiger partial charge is 0.255 e. The topological polar surface area (TPSA) is 30.7 Å². The Balaban J connectivity index is 2.50. The van der Waals surface area contributed by atoms with Crippen LogP contribution in [0.2, 0.25) is 0 Å². The van der Waals surface area contributed by atoms with Gasteiger partial charge in [-0.1, -0.05) is 12.1 Å². The quantitative estimate of drug-likeness (QED) is 0.644. The maximum Gasteiger partial charge on any atom is 0.0830 e. The zero-order valence-corrected chi connectivity index (χ0v) is 7.54. The summed E-state index contributed by atoms with van der Waals surface area (Å²) in [5, 5.41) is 7.79. The van der Waals surface area contributed by atoms with Crippen molar-refractivity contribution < 1.29 is 0 Å². The second kappa shape index (κ2) is 3.72. The lowest BCUT2D eigenvalue weighted by atomic mass is 10.1. The standard InChI is InChI=1S/C7H12ClN3/c1-6(4-8)3-7-5-11(2)10-9-7/h5-6H,3-4H2,1-2H3. The van der Waals surface area contributed by atoms with Crippen LogP contribution in [-0.4, -0.2) is 20.9 Å². The Hall–Kier alpha value is -0.570. The highest BCUT2D eigenvalue weighted by atomic mass is 35.5. The van der Waals surface area contributed by atoms with Gasteiger partial charge in [0.25, 0.3) is 0 Å². The molecule has 0 aliphatic carbocycles. The van der Waals surface area contributed by atoms with E-state index < -0.39 is 0 Å². The van der Waals surface area contributed by atoms with Crippen molar-refractivity contribution in [3.05, 3.63) is 11.9 Å². The fraction of sp³-hybridized carbons (Fsp3) is 0.714. The summed E-state index contributed by atoms with van der Waals surface area (Å²) in [6.45, 7) is 2.10. The number of alkyl halides is 1. The lowest BCUT2D eigenvalue weighted by molar-refractivity contribution is 0.639. The Labute approximate surface area is 71.4 Å². The van der Waals surface area contributed by atoms with E-state index in [1.807, 2.05) is 13.2 Å². The van der Waals surface area contributed by atoms with Crippen molar-refractivity contribution in [1.29, 1.82) is 0 Å². The number of hydrogen-bond donors (Lipinski definition) is 0. The van der Waals surface area contributed by atoms with Gasteiger partial charge >= 0.3 is 0 Å². The van der Waals surface area contributed by atoms with Crippen LogP contribution in [0.15, 0.2) is 6.20 Å². The van der Waals surface area contributed by atoms with Crippen LogP contribution in [0, 0.1) is 5.92 Å². The molecule has 0 radical (unpaired) electrons.